The first-order chi connectivity index (χ1) is 15.0. The van der Waals surface area contributed by atoms with Crippen molar-refractivity contribution in [3.8, 4) is 17.2 Å². The van der Waals surface area contributed by atoms with E-state index in [-0.39, 0.29) is 12.5 Å². The van der Waals surface area contributed by atoms with E-state index >= 15 is 0 Å². The molecule has 0 atom stereocenters. The normalized spacial score (nSPS) is 10.5. The van der Waals surface area contributed by atoms with Crippen molar-refractivity contribution in [1.29, 1.82) is 0 Å². The van der Waals surface area contributed by atoms with Crippen LogP contribution in [0, 0.1) is 0 Å². The van der Waals surface area contributed by atoms with Gasteiger partial charge in [0.15, 0.2) is 11.5 Å². The van der Waals surface area contributed by atoms with Gasteiger partial charge in [-0.25, -0.2) is 0 Å². The van der Waals surface area contributed by atoms with E-state index in [1.165, 1.54) is 5.56 Å². The summed E-state index contributed by atoms with van der Waals surface area (Å²) in [5.41, 5.74) is 2.45. The van der Waals surface area contributed by atoms with E-state index in [2.05, 4.69) is 33.4 Å². The number of methoxy groups -OCH3 is 2. The number of benzene rings is 3. The Morgan fingerprint density at radius 2 is 1.68 bits per heavy atom. The van der Waals surface area contributed by atoms with E-state index in [9.17, 15) is 4.79 Å². The van der Waals surface area contributed by atoms with Crippen LogP contribution in [-0.2, 0) is 13.0 Å². The minimum Gasteiger partial charge on any atom is -0.493 e. The van der Waals surface area contributed by atoms with Gasteiger partial charge in [0.1, 0.15) is 5.75 Å². The molecule has 31 heavy (non-hydrogen) atoms. The van der Waals surface area contributed by atoms with Crippen LogP contribution in [0.1, 0.15) is 21.5 Å². The molecule has 0 bridgehead atoms. The first kappa shape index (κ1) is 23.0. The van der Waals surface area contributed by atoms with E-state index in [1.807, 2.05) is 18.2 Å². The van der Waals surface area contributed by atoms with Crippen molar-refractivity contribution in [2.45, 2.75) is 13.0 Å². The van der Waals surface area contributed by atoms with Crippen LogP contribution in [0.5, 0.6) is 17.2 Å². The van der Waals surface area contributed by atoms with Gasteiger partial charge in [-0.15, -0.1) is 0 Å². The molecule has 0 aliphatic carbocycles. The van der Waals surface area contributed by atoms with Crippen LogP contribution in [0.4, 0.5) is 0 Å². The van der Waals surface area contributed by atoms with Crippen molar-refractivity contribution in [2.75, 3.05) is 20.8 Å². The second kappa shape index (κ2) is 11.1. The van der Waals surface area contributed by atoms with E-state index < -0.39 is 0 Å². The maximum Gasteiger partial charge on any atom is 0.251 e. The number of hydrogen-bond acceptors (Lipinski definition) is 4. The molecule has 0 fully saturated rings. The fourth-order valence-electron chi connectivity index (χ4n) is 2.99. The lowest BCUT2D eigenvalue weighted by molar-refractivity contribution is 0.0951. The van der Waals surface area contributed by atoms with E-state index in [0.29, 0.717) is 34.4 Å². The highest BCUT2D eigenvalue weighted by molar-refractivity contribution is 9.10. The molecule has 0 aliphatic heterocycles. The van der Waals surface area contributed by atoms with Crippen molar-refractivity contribution in [2.24, 2.45) is 0 Å². The van der Waals surface area contributed by atoms with Gasteiger partial charge in [-0.2, -0.15) is 0 Å². The van der Waals surface area contributed by atoms with E-state index in [4.69, 9.17) is 25.8 Å². The highest BCUT2D eigenvalue weighted by Crippen LogP contribution is 2.33. The Hall–Kier alpha value is -2.70. The Bertz CT molecular complexity index is 1040. The monoisotopic (exact) mass is 503 g/mol. The lowest BCUT2D eigenvalue weighted by atomic mass is 10.1. The third kappa shape index (κ3) is 6.15. The number of rotatable bonds is 9. The van der Waals surface area contributed by atoms with Gasteiger partial charge in [0.05, 0.1) is 25.3 Å². The van der Waals surface area contributed by atoms with Gasteiger partial charge in [0.2, 0.25) is 0 Å². The van der Waals surface area contributed by atoms with Gasteiger partial charge in [0.25, 0.3) is 5.91 Å². The van der Waals surface area contributed by atoms with Crippen molar-refractivity contribution >= 4 is 33.4 Å². The van der Waals surface area contributed by atoms with Crippen LogP contribution < -0.4 is 19.5 Å². The topological polar surface area (TPSA) is 56.8 Å². The van der Waals surface area contributed by atoms with Crippen LogP contribution in [-0.4, -0.2) is 26.7 Å². The Morgan fingerprint density at radius 1 is 0.968 bits per heavy atom. The van der Waals surface area contributed by atoms with Crippen LogP contribution >= 0.6 is 27.5 Å². The van der Waals surface area contributed by atoms with E-state index in [1.54, 1.807) is 44.6 Å². The number of amides is 1. The van der Waals surface area contributed by atoms with Gasteiger partial charge in [-0.3, -0.25) is 4.79 Å². The van der Waals surface area contributed by atoms with Gasteiger partial charge in [-0.05, 0) is 51.3 Å². The van der Waals surface area contributed by atoms with Crippen molar-refractivity contribution in [1.82, 2.24) is 5.32 Å². The van der Waals surface area contributed by atoms with Crippen LogP contribution in [0.3, 0.4) is 0 Å². The Balaban J connectivity index is 1.59. The summed E-state index contributed by atoms with van der Waals surface area (Å²) in [5.74, 6) is 1.56. The molecular weight excluding hydrogens is 482 g/mol. The van der Waals surface area contributed by atoms with Gasteiger partial charge < -0.3 is 19.5 Å². The average Bonchev–Trinajstić information content (AvgIpc) is 2.79. The number of halogens is 2. The molecule has 1 amide bonds. The lowest BCUT2D eigenvalue weighted by Crippen LogP contribution is -2.23. The number of carbonyl (C=O) groups excluding carboxylic acids is 1. The number of hydrogen-bond donors (Lipinski definition) is 1. The predicted molar refractivity (Wildman–Crippen MR) is 126 cm³/mol. The molecule has 5 nitrogen and oxygen atoms in total. The van der Waals surface area contributed by atoms with Crippen molar-refractivity contribution in [3.05, 3.63) is 86.8 Å². The molecule has 0 heterocycles. The van der Waals surface area contributed by atoms with E-state index in [0.717, 1.165) is 16.5 Å². The third-order valence-corrected chi connectivity index (χ3v) is 5.65. The fraction of sp³-hybridized carbons (Fsp3) is 0.208. The summed E-state index contributed by atoms with van der Waals surface area (Å²) >= 11 is 9.78. The summed E-state index contributed by atoms with van der Waals surface area (Å²) in [4.78, 5) is 12.6. The molecule has 0 unspecified atom stereocenters. The van der Waals surface area contributed by atoms with Crippen LogP contribution in [0.25, 0.3) is 0 Å². The Morgan fingerprint density at radius 3 is 2.35 bits per heavy atom. The second-order valence-electron chi connectivity index (χ2n) is 6.71. The summed E-state index contributed by atoms with van der Waals surface area (Å²) in [6.45, 7) is 0.803. The Labute approximate surface area is 195 Å². The molecule has 0 aromatic heterocycles. The molecule has 0 radical (unpaired) electrons. The first-order valence-electron chi connectivity index (χ1n) is 9.66. The molecule has 3 aromatic carbocycles. The highest BCUT2D eigenvalue weighted by Gasteiger charge is 2.13. The molecule has 7 heteroatoms. The van der Waals surface area contributed by atoms with Crippen molar-refractivity contribution < 1.29 is 19.0 Å². The standard InChI is InChI=1S/C24H23BrClNO4/c1-29-22-13-18(20(26)14-23(22)30-2)15-27-24(28)17-8-9-21(19(25)12-17)31-11-10-16-6-4-3-5-7-16/h3-9,12-14H,10-11,15H2,1-2H3,(H,27,28). The molecule has 162 valence electrons. The zero-order chi connectivity index (χ0) is 22.2. The van der Waals surface area contributed by atoms with Gasteiger partial charge in [-0.1, -0.05) is 41.9 Å². The predicted octanol–water partition coefficient (Wildman–Crippen LogP) is 5.67. The van der Waals surface area contributed by atoms with Gasteiger partial charge in [0, 0.05) is 29.6 Å². The zero-order valence-corrected chi connectivity index (χ0v) is 19.6. The maximum atomic E-state index is 12.6. The first-order valence-corrected chi connectivity index (χ1v) is 10.8. The molecule has 0 spiro atoms. The number of carbonyl (C=O) groups is 1. The SMILES string of the molecule is COc1cc(Cl)c(CNC(=O)c2ccc(OCCc3ccccc3)c(Br)c2)cc1OC. The average molecular weight is 505 g/mol. The van der Waals surface area contributed by atoms with Crippen molar-refractivity contribution in [3.63, 3.8) is 0 Å². The molecule has 3 rings (SSSR count). The van der Waals surface area contributed by atoms with Gasteiger partial charge >= 0.3 is 0 Å². The minimum absolute atomic E-state index is 0.220. The van der Waals surface area contributed by atoms with Crippen LogP contribution in [0.15, 0.2) is 65.1 Å². The lowest BCUT2D eigenvalue weighted by Gasteiger charge is -2.13. The minimum atomic E-state index is -0.220. The number of ether oxygens (including phenoxy) is 3. The maximum absolute atomic E-state index is 12.6. The zero-order valence-electron chi connectivity index (χ0n) is 17.3. The summed E-state index contributed by atoms with van der Waals surface area (Å²) < 4.78 is 17.1. The summed E-state index contributed by atoms with van der Waals surface area (Å²) in [7, 11) is 3.09. The largest absolute Gasteiger partial charge is 0.493 e. The highest BCUT2D eigenvalue weighted by atomic mass is 79.9. The second-order valence-corrected chi connectivity index (χ2v) is 7.97. The summed E-state index contributed by atoms with van der Waals surface area (Å²) in [5, 5.41) is 3.36. The molecule has 1 N–H and O–H groups in total. The Kier molecular flexibility index (Phi) is 8.20. The fourth-order valence-corrected chi connectivity index (χ4v) is 3.71. The molecule has 0 saturated heterocycles. The summed E-state index contributed by atoms with van der Waals surface area (Å²) in [6.07, 6.45) is 0.807. The summed E-state index contributed by atoms with van der Waals surface area (Å²) in [6, 6.07) is 18.8. The number of nitrogens with one attached hydrogen (secondary N) is 1. The smallest absolute Gasteiger partial charge is 0.251 e. The molecule has 0 saturated carbocycles. The third-order valence-electron chi connectivity index (χ3n) is 4.68. The van der Waals surface area contributed by atoms with Crippen LogP contribution in [0.2, 0.25) is 5.02 Å². The molecule has 3 aromatic rings. The molecular formula is C24H23BrClNO4. The quantitative estimate of drug-likeness (QED) is 0.408. The molecule has 0 aliphatic rings.